The second-order valence-electron chi connectivity index (χ2n) is 3.97. The van der Waals surface area contributed by atoms with Crippen LogP contribution in [0.4, 0.5) is 5.82 Å². The van der Waals surface area contributed by atoms with Crippen molar-refractivity contribution in [2.75, 3.05) is 18.5 Å². The Morgan fingerprint density at radius 3 is 3.14 bits per heavy atom. The summed E-state index contributed by atoms with van der Waals surface area (Å²) in [5.41, 5.74) is -0.00246. The SMILES string of the molecule is CC1(CNc2ccccn2)CCCO1. The summed E-state index contributed by atoms with van der Waals surface area (Å²) in [7, 11) is 0. The largest absolute Gasteiger partial charge is 0.373 e. The molecule has 2 heterocycles. The van der Waals surface area contributed by atoms with Gasteiger partial charge in [-0.05, 0) is 31.9 Å². The van der Waals surface area contributed by atoms with Crippen LogP contribution in [0.1, 0.15) is 19.8 Å². The normalized spacial score (nSPS) is 26.4. The summed E-state index contributed by atoms with van der Waals surface area (Å²) in [6.45, 7) is 3.88. The van der Waals surface area contributed by atoms with E-state index in [0.29, 0.717) is 0 Å². The van der Waals surface area contributed by atoms with Gasteiger partial charge < -0.3 is 10.1 Å². The van der Waals surface area contributed by atoms with E-state index < -0.39 is 0 Å². The van der Waals surface area contributed by atoms with Crippen molar-refractivity contribution in [2.45, 2.75) is 25.4 Å². The first kappa shape index (κ1) is 9.46. The predicted molar refractivity (Wildman–Crippen MR) is 56.3 cm³/mol. The molecule has 1 fully saturated rings. The summed E-state index contributed by atoms with van der Waals surface area (Å²) in [6.07, 6.45) is 4.09. The molecule has 3 heteroatoms. The van der Waals surface area contributed by atoms with Crippen LogP contribution in [0.5, 0.6) is 0 Å². The third-order valence-corrected chi connectivity index (χ3v) is 2.61. The molecular formula is C11H16N2O. The molecule has 14 heavy (non-hydrogen) atoms. The number of pyridine rings is 1. The summed E-state index contributed by atoms with van der Waals surface area (Å²) in [5, 5.41) is 3.29. The molecular weight excluding hydrogens is 176 g/mol. The molecule has 1 aromatic heterocycles. The van der Waals surface area contributed by atoms with Crippen molar-refractivity contribution in [1.29, 1.82) is 0 Å². The maximum atomic E-state index is 5.67. The van der Waals surface area contributed by atoms with Gasteiger partial charge in [-0.3, -0.25) is 0 Å². The molecule has 1 atom stereocenters. The number of ether oxygens (including phenoxy) is 1. The minimum Gasteiger partial charge on any atom is -0.373 e. The first-order valence-corrected chi connectivity index (χ1v) is 5.07. The van der Waals surface area contributed by atoms with Gasteiger partial charge in [0.25, 0.3) is 0 Å². The van der Waals surface area contributed by atoms with Gasteiger partial charge in [-0.25, -0.2) is 4.98 Å². The highest BCUT2D eigenvalue weighted by Gasteiger charge is 2.29. The Labute approximate surface area is 84.5 Å². The van der Waals surface area contributed by atoms with Gasteiger partial charge in [0.05, 0.1) is 5.60 Å². The van der Waals surface area contributed by atoms with Crippen LogP contribution < -0.4 is 5.32 Å². The molecule has 0 aliphatic carbocycles. The van der Waals surface area contributed by atoms with Crippen molar-refractivity contribution in [3.8, 4) is 0 Å². The molecule has 1 aliphatic rings. The average Bonchev–Trinajstić information content (AvgIpc) is 2.65. The predicted octanol–water partition coefficient (Wildman–Crippen LogP) is 2.06. The number of hydrogen-bond acceptors (Lipinski definition) is 3. The highest BCUT2D eigenvalue weighted by molar-refractivity contribution is 5.33. The fraction of sp³-hybridized carbons (Fsp3) is 0.545. The third-order valence-electron chi connectivity index (χ3n) is 2.61. The van der Waals surface area contributed by atoms with Crippen LogP contribution in [-0.4, -0.2) is 23.7 Å². The van der Waals surface area contributed by atoms with E-state index in [4.69, 9.17) is 4.74 Å². The Bertz CT molecular complexity index is 281. The van der Waals surface area contributed by atoms with Gasteiger partial charge >= 0.3 is 0 Å². The standard InChI is InChI=1S/C11H16N2O/c1-11(6-4-8-14-11)9-13-10-5-2-3-7-12-10/h2-3,5,7H,4,6,8-9H2,1H3,(H,12,13). The zero-order valence-corrected chi connectivity index (χ0v) is 8.49. The van der Waals surface area contributed by atoms with Crippen molar-refractivity contribution < 1.29 is 4.74 Å². The van der Waals surface area contributed by atoms with E-state index in [1.165, 1.54) is 6.42 Å². The Morgan fingerprint density at radius 1 is 1.57 bits per heavy atom. The highest BCUT2D eigenvalue weighted by Crippen LogP contribution is 2.24. The van der Waals surface area contributed by atoms with E-state index >= 15 is 0 Å². The van der Waals surface area contributed by atoms with Crippen LogP contribution in [0.2, 0.25) is 0 Å². The molecule has 0 spiro atoms. The van der Waals surface area contributed by atoms with Crippen LogP contribution in [0.25, 0.3) is 0 Å². The smallest absolute Gasteiger partial charge is 0.125 e. The number of nitrogens with zero attached hydrogens (tertiary/aromatic N) is 1. The number of hydrogen-bond donors (Lipinski definition) is 1. The lowest BCUT2D eigenvalue weighted by atomic mass is 10.0. The number of anilines is 1. The van der Waals surface area contributed by atoms with Crippen LogP contribution in [0.15, 0.2) is 24.4 Å². The van der Waals surface area contributed by atoms with Crippen LogP contribution in [0.3, 0.4) is 0 Å². The summed E-state index contributed by atoms with van der Waals surface area (Å²) < 4.78 is 5.67. The van der Waals surface area contributed by atoms with Crippen molar-refractivity contribution in [3.63, 3.8) is 0 Å². The van der Waals surface area contributed by atoms with Crippen molar-refractivity contribution >= 4 is 5.82 Å². The van der Waals surface area contributed by atoms with Crippen LogP contribution >= 0.6 is 0 Å². The van der Waals surface area contributed by atoms with Gasteiger partial charge in [0.1, 0.15) is 5.82 Å². The quantitative estimate of drug-likeness (QED) is 0.796. The zero-order chi connectivity index (χ0) is 9.86. The van der Waals surface area contributed by atoms with Gasteiger partial charge in [-0.1, -0.05) is 6.07 Å². The summed E-state index contributed by atoms with van der Waals surface area (Å²) in [5.74, 6) is 0.921. The lowest BCUT2D eigenvalue weighted by molar-refractivity contribution is 0.0315. The fourth-order valence-electron chi connectivity index (χ4n) is 1.72. The fourth-order valence-corrected chi connectivity index (χ4v) is 1.72. The topological polar surface area (TPSA) is 34.2 Å². The monoisotopic (exact) mass is 192 g/mol. The van der Waals surface area contributed by atoms with Crippen LogP contribution in [0, 0.1) is 0 Å². The van der Waals surface area contributed by atoms with E-state index in [-0.39, 0.29) is 5.60 Å². The third kappa shape index (κ3) is 2.23. The molecule has 0 radical (unpaired) electrons. The van der Waals surface area contributed by atoms with Gasteiger partial charge in [-0.15, -0.1) is 0 Å². The Morgan fingerprint density at radius 2 is 2.50 bits per heavy atom. The van der Waals surface area contributed by atoms with Gasteiger partial charge in [0, 0.05) is 19.3 Å². The van der Waals surface area contributed by atoms with Crippen molar-refractivity contribution in [2.24, 2.45) is 0 Å². The van der Waals surface area contributed by atoms with E-state index in [1.807, 2.05) is 18.2 Å². The number of aromatic nitrogens is 1. The molecule has 3 nitrogen and oxygen atoms in total. The molecule has 1 aromatic rings. The first-order valence-electron chi connectivity index (χ1n) is 5.07. The Kier molecular flexibility index (Phi) is 2.68. The molecule has 1 unspecified atom stereocenters. The highest BCUT2D eigenvalue weighted by atomic mass is 16.5. The molecule has 0 bridgehead atoms. The lowest BCUT2D eigenvalue weighted by Crippen LogP contribution is -2.32. The molecule has 0 saturated carbocycles. The Hall–Kier alpha value is -1.09. The maximum Gasteiger partial charge on any atom is 0.125 e. The minimum absolute atomic E-state index is 0.00246. The summed E-state index contributed by atoms with van der Waals surface area (Å²) >= 11 is 0. The van der Waals surface area contributed by atoms with E-state index in [1.54, 1.807) is 6.20 Å². The van der Waals surface area contributed by atoms with Gasteiger partial charge in [0.15, 0.2) is 0 Å². The zero-order valence-electron chi connectivity index (χ0n) is 8.49. The van der Waals surface area contributed by atoms with Gasteiger partial charge in [0.2, 0.25) is 0 Å². The minimum atomic E-state index is -0.00246. The number of rotatable bonds is 3. The molecule has 1 aliphatic heterocycles. The first-order chi connectivity index (χ1) is 6.79. The maximum absolute atomic E-state index is 5.67. The van der Waals surface area contributed by atoms with E-state index in [9.17, 15) is 0 Å². The van der Waals surface area contributed by atoms with E-state index in [0.717, 1.165) is 25.4 Å². The second kappa shape index (κ2) is 3.96. The van der Waals surface area contributed by atoms with Crippen LogP contribution in [-0.2, 0) is 4.74 Å². The molecule has 1 N–H and O–H groups in total. The lowest BCUT2D eigenvalue weighted by Gasteiger charge is -2.23. The summed E-state index contributed by atoms with van der Waals surface area (Å²) in [6, 6.07) is 5.87. The van der Waals surface area contributed by atoms with Crippen molar-refractivity contribution in [1.82, 2.24) is 4.98 Å². The van der Waals surface area contributed by atoms with Gasteiger partial charge in [-0.2, -0.15) is 0 Å². The van der Waals surface area contributed by atoms with E-state index in [2.05, 4.69) is 17.2 Å². The second-order valence-corrected chi connectivity index (χ2v) is 3.97. The molecule has 0 amide bonds. The molecule has 1 saturated heterocycles. The average molecular weight is 192 g/mol. The van der Waals surface area contributed by atoms with Crippen molar-refractivity contribution in [3.05, 3.63) is 24.4 Å². The molecule has 0 aromatic carbocycles. The number of nitrogens with one attached hydrogen (secondary N) is 1. The molecule has 76 valence electrons. The molecule has 2 rings (SSSR count). The Balaban J connectivity index is 1.88. The summed E-state index contributed by atoms with van der Waals surface area (Å²) in [4.78, 5) is 4.20.